The molecule has 0 N–H and O–H groups in total. The van der Waals surface area contributed by atoms with E-state index >= 15 is 0 Å². The summed E-state index contributed by atoms with van der Waals surface area (Å²) < 4.78 is 17.8. The van der Waals surface area contributed by atoms with Crippen LogP contribution in [0.5, 0.6) is 0 Å². The van der Waals surface area contributed by atoms with Crippen molar-refractivity contribution in [1.82, 2.24) is 0 Å². The average molecular weight is 266 g/mol. The molecule has 0 fully saturated rings. The first-order chi connectivity index (χ1) is 9.29. The van der Waals surface area contributed by atoms with Gasteiger partial charge in [0, 0.05) is 5.56 Å². The van der Waals surface area contributed by atoms with E-state index in [1.807, 2.05) is 30.3 Å². The number of ether oxygens (including phenoxy) is 3. The standard InChI is InChI=1S/C16H26O3/c1-4-12-17-16(18-13-5-2,19-14-6-3)15-10-8-7-9-11-15/h7-11H,4-6,12-14H2,1-3H3. The minimum absolute atomic E-state index is 0.613. The van der Waals surface area contributed by atoms with Gasteiger partial charge in [-0.1, -0.05) is 51.1 Å². The van der Waals surface area contributed by atoms with Gasteiger partial charge in [-0.3, -0.25) is 0 Å². The molecule has 3 nitrogen and oxygen atoms in total. The van der Waals surface area contributed by atoms with E-state index < -0.39 is 5.97 Å². The summed E-state index contributed by atoms with van der Waals surface area (Å²) in [5.74, 6) is -1.05. The fourth-order valence-corrected chi connectivity index (χ4v) is 1.73. The lowest BCUT2D eigenvalue weighted by atomic mass is 10.2. The second-order valence-electron chi connectivity index (χ2n) is 4.47. The molecule has 0 saturated heterocycles. The van der Waals surface area contributed by atoms with Crippen LogP contribution in [0.1, 0.15) is 45.6 Å². The summed E-state index contributed by atoms with van der Waals surface area (Å²) in [6.07, 6.45) is 2.79. The number of benzene rings is 1. The first-order valence-electron chi connectivity index (χ1n) is 7.26. The highest BCUT2D eigenvalue weighted by molar-refractivity contribution is 5.18. The van der Waals surface area contributed by atoms with E-state index in [9.17, 15) is 0 Å². The third-order valence-corrected chi connectivity index (χ3v) is 2.62. The Bertz CT molecular complexity index is 302. The SMILES string of the molecule is CCCOC(OCCC)(OCCC)c1ccccc1. The Morgan fingerprint density at radius 3 is 1.53 bits per heavy atom. The molecule has 108 valence electrons. The maximum Gasteiger partial charge on any atom is 0.311 e. The molecular weight excluding hydrogens is 240 g/mol. The van der Waals surface area contributed by atoms with Crippen molar-refractivity contribution in [1.29, 1.82) is 0 Å². The van der Waals surface area contributed by atoms with Gasteiger partial charge in [0.1, 0.15) is 0 Å². The Hall–Kier alpha value is -0.900. The first kappa shape index (κ1) is 16.2. The van der Waals surface area contributed by atoms with Gasteiger partial charge >= 0.3 is 5.97 Å². The third kappa shape index (κ3) is 4.94. The molecule has 3 heteroatoms. The fraction of sp³-hybridized carbons (Fsp3) is 0.625. The van der Waals surface area contributed by atoms with E-state index in [1.165, 1.54) is 0 Å². The average Bonchev–Trinajstić information content (AvgIpc) is 2.48. The van der Waals surface area contributed by atoms with Crippen LogP contribution in [-0.4, -0.2) is 19.8 Å². The van der Waals surface area contributed by atoms with Crippen LogP contribution in [0, 0.1) is 0 Å². The molecule has 0 atom stereocenters. The normalized spacial score (nSPS) is 11.7. The summed E-state index contributed by atoms with van der Waals surface area (Å²) in [4.78, 5) is 0. The van der Waals surface area contributed by atoms with E-state index in [0.717, 1.165) is 24.8 Å². The Labute approximate surface area is 116 Å². The zero-order valence-electron chi connectivity index (χ0n) is 12.4. The van der Waals surface area contributed by atoms with Crippen LogP contribution < -0.4 is 0 Å². The van der Waals surface area contributed by atoms with Crippen molar-refractivity contribution in [3.63, 3.8) is 0 Å². The van der Waals surface area contributed by atoms with Gasteiger partial charge in [0.25, 0.3) is 0 Å². The van der Waals surface area contributed by atoms with Gasteiger partial charge < -0.3 is 14.2 Å². The lowest BCUT2D eigenvalue weighted by molar-refractivity contribution is -0.393. The molecule has 0 heterocycles. The zero-order valence-corrected chi connectivity index (χ0v) is 12.4. The molecule has 1 aromatic carbocycles. The fourth-order valence-electron chi connectivity index (χ4n) is 1.73. The van der Waals surface area contributed by atoms with Crippen molar-refractivity contribution >= 4 is 0 Å². The molecule has 0 aromatic heterocycles. The highest BCUT2D eigenvalue weighted by Gasteiger charge is 2.35. The van der Waals surface area contributed by atoms with Crippen molar-refractivity contribution in [3.05, 3.63) is 35.9 Å². The summed E-state index contributed by atoms with van der Waals surface area (Å²) >= 11 is 0. The van der Waals surface area contributed by atoms with E-state index in [2.05, 4.69) is 20.8 Å². The molecule has 0 aliphatic heterocycles. The molecule has 0 radical (unpaired) electrons. The lowest BCUT2D eigenvalue weighted by Crippen LogP contribution is -2.37. The van der Waals surface area contributed by atoms with E-state index in [-0.39, 0.29) is 0 Å². The van der Waals surface area contributed by atoms with E-state index in [4.69, 9.17) is 14.2 Å². The zero-order chi connectivity index (χ0) is 14.0. The monoisotopic (exact) mass is 266 g/mol. The second-order valence-corrected chi connectivity index (χ2v) is 4.47. The number of hydrogen-bond donors (Lipinski definition) is 0. The molecule has 0 aliphatic rings. The van der Waals surface area contributed by atoms with Crippen LogP contribution in [-0.2, 0) is 20.2 Å². The van der Waals surface area contributed by atoms with Crippen molar-refractivity contribution in [2.75, 3.05) is 19.8 Å². The van der Waals surface area contributed by atoms with Gasteiger partial charge in [-0.05, 0) is 19.3 Å². The molecule has 0 saturated carbocycles. The van der Waals surface area contributed by atoms with Gasteiger partial charge in [0.15, 0.2) is 0 Å². The van der Waals surface area contributed by atoms with Crippen LogP contribution in [0.3, 0.4) is 0 Å². The molecule has 0 amide bonds. The molecule has 0 aliphatic carbocycles. The Balaban J connectivity index is 2.94. The molecule has 0 spiro atoms. The van der Waals surface area contributed by atoms with Crippen LogP contribution >= 0.6 is 0 Å². The summed E-state index contributed by atoms with van der Waals surface area (Å²) in [7, 11) is 0. The van der Waals surface area contributed by atoms with E-state index in [0.29, 0.717) is 19.8 Å². The van der Waals surface area contributed by atoms with Gasteiger partial charge in [-0.2, -0.15) is 0 Å². The second kappa shape index (κ2) is 9.08. The molecular formula is C16H26O3. The Morgan fingerprint density at radius 1 is 0.737 bits per heavy atom. The minimum Gasteiger partial charge on any atom is -0.324 e. The molecule has 0 bridgehead atoms. The maximum absolute atomic E-state index is 5.92. The van der Waals surface area contributed by atoms with Crippen LogP contribution in [0.4, 0.5) is 0 Å². The van der Waals surface area contributed by atoms with Crippen molar-refractivity contribution in [2.45, 2.75) is 46.0 Å². The Morgan fingerprint density at radius 2 is 1.16 bits per heavy atom. The van der Waals surface area contributed by atoms with E-state index in [1.54, 1.807) is 0 Å². The topological polar surface area (TPSA) is 27.7 Å². The number of rotatable bonds is 10. The molecule has 1 aromatic rings. The quantitative estimate of drug-likeness (QED) is 0.597. The largest absolute Gasteiger partial charge is 0.324 e. The van der Waals surface area contributed by atoms with Crippen LogP contribution in [0.15, 0.2) is 30.3 Å². The van der Waals surface area contributed by atoms with Crippen molar-refractivity contribution < 1.29 is 14.2 Å². The minimum atomic E-state index is -1.05. The number of hydrogen-bond acceptors (Lipinski definition) is 3. The maximum atomic E-state index is 5.92. The smallest absolute Gasteiger partial charge is 0.311 e. The van der Waals surface area contributed by atoms with Gasteiger partial charge in [-0.25, -0.2) is 0 Å². The van der Waals surface area contributed by atoms with Gasteiger partial charge in [-0.15, -0.1) is 0 Å². The molecule has 19 heavy (non-hydrogen) atoms. The predicted molar refractivity (Wildman–Crippen MR) is 76.8 cm³/mol. The summed E-state index contributed by atoms with van der Waals surface area (Å²) in [6, 6.07) is 9.91. The lowest BCUT2D eigenvalue weighted by Gasteiger charge is -2.33. The van der Waals surface area contributed by atoms with Crippen LogP contribution in [0.2, 0.25) is 0 Å². The van der Waals surface area contributed by atoms with Gasteiger partial charge in [0.05, 0.1) is 19.8 Å². The third-order valence-electron chi connectivity index (χ3n) is 2.62. The predicted octanol–water partition coefficient (Wildman–Crippen LogP) is 4.08. The molecule has 0 unspecified atom stereocenters. The highest BCUT2D eigenvalue weighted by atomic mass is 16.9. The summed E-state index contributed by atoms with van der Waals surface area (Å²) in [6.45, 7) is 8.08. The molecule has 1 rings (SSSR count). The Kier molecular flexibility index (Phi) is 7.72. The van der Waals surface area contributed by atoms with Gasteiger partial charge in [0.2, 0.25) is 0 Å². The highest BCUT2D eigenvalue weighted by Crippen LogP contribution is 2.29. The van der Waals surface area contributed by atoms with Crippen molar-refractivity contribution in [2.24, 2.45) is 0 Å². The van der Waals surface area contributed by atoms with Crippen molar-refractivity contribution in [3.8, 4) is 0 Å². The summed E-state index contributed by atoms with van der Waals surface area (Å²) in [5, 5.41) is 0. The van der Waals surface area contributed by atoms with Crippen LogP contribution in [0.25, 0.3) is 0 Å². The summed E-state index contributed by atoms with van der Waals surface area (Å²) in [5.41, 5.74) is 0.922. The first-order valence-corrected chi connectivity index (χ1v) is 7.26.